The molecule has 0 N–H and O–H groups in total. The number of ether oxygens (including phenoxy) is 1. The van der Waals surface area contributed by atoms with Crippen LogP contribution in [-0.2, 0) is 6.42 Å². The van der Waals surface area contributed by atoms with Gasteiger partial charge in [-0.1, -0.05) is 24.6 Å². The summed E-state index contributed by atoms with van der Waals surface area (Å²) in [7, 11) is 0. The predicted octanol–water partition coefficient (Wildman–Crippen LogP) is 4.78. The molecule has 0 atom stereocenters. The molecule has 29 heavy (non-hydrogen) atoms. The molecule has 6 nitrogen and oxygen atoms in total. The quantitative estimate of drug-likeness (QED) is 0.549. The Labute approximate surface area is 178 Å². The first-order chi connectivity index (χ1) is 14.1. The molecular formula is C21H23N5OS2. The van der Waals surface area contributed by atoms with Crippen LogP contribution in [0.1, 0.15) is 36.2 Å². The fourth-order valence-electron chi connectivity index (χ4n) is 3.81. The summed E-state index contributed by atoms with van der Waals surface area (Å²) < 4.78 is 10.4. The summed E-state index contributed by atoms with van der Waals surface area (Å²) in [6.07, 6.45) is 2.47. The molecule has 1 saturated heterocycles. The third-order valence-electron chi connectivity index (χ3n) is 5.34. The average molecular weight is 426 g/mol. The van der Waals surface area contributed by atoms with Crippen LogP contribution < -0.4 is 4.74 Å². The van der Waals surface area contributed by atoms with Gasteiger partial charge in [-0.05, 0) is 37.0 Å². The van der Waals surface area contributed by atoms with Crippen molar-refractivity contribution in [2.75, 3.05) is 19.7 Å². The van der Waals surface area contributed by atoms with Crippen LogP contribution in [0.25, 0.3) is 22.1 Å². The monoisotopic (exact) mass is 425 g/mol. The molecular weight excluding hydrogens is 402 g/mol. The Bertz CT molecular complexity index is 1050. The van der Waals surface area contributed by atoms with E-state index in [2.05, 4.69) is 53.0 Å². The van der Waals surface area contributed by atoms with Gasteiger partial charge in [-0.2, -0.15) is 5.10 Å². The molecule has 0 spiro atoms. The summed E-state index contributed by atoms with van der Waals surface area (Å²) in [6.45, 7) is 10.8. The molecule has 8 heteroatoms. The predicted molar refractivity (Wildman–Crippen MR) is 118 cm³/mol. The summed E-state index contributed by atoms with van der Waals surface area (Å²) >= 11 is 3.39. The number of thiazole rings is 1. The first-order valence-electron chi connectivity index (χ1n) is 9.83. The summed E-state index contributed by atoms with van der Waals surface area (Å²) in [6, 6.07) is 6.86. The number of benzene rings is 1. The lowest BCUT2D eigenvalue weighted by molar-refractivity contribution is 0.290. The van der Waals surface area contributed by atoms with Crippen molar-refractivity contribution in [3.8, 4) is 27.8 Å². The van der Waals surface area contributed by atoms with Gasteiger partial charge >= 0.3 is 0 Å². The van der Waals surface area contributed by atoms with Crippen LogP contribution in [0.2, 0.25) is 0 Å². The molecule has 150 valence electrons. The Morgan fingerprint density at radius 2 is 2.21 bits per heavy atom. The van der Waals surface area contributed by atoms with Crippen molar-refractivity contribution in [1.82, 2.24) is 24.1 Å². The normalized spacial score (nSPS) is 16.7. The minimum absolute atomic E-state index is 0.246. The number of aromatic nitrogens is 4. The van der Waals surface area contributed by atoms with Crippen LogP contribution in [0, 0.1) is 0 Å². The molecule has 0 unspecified atom stereocenters. The van der Waals surface area contributed by atoms with E-state index in [9.17, 15) is 0 Å². The minimum Gasteiger partial charge on any atom is -0.492 e. The Kier molecular flexibility index (Phi) is 4.93. The van der Waals surface area contributed by atoms with Gasteiger partial charge in [0.15, 0.2) is 10.8 Å². The van der Waals surface area contributed by atoms with E-state index in [1.807, 2.05) is 10.1 Å². The highest BCUT2D eigenvalue weighted by atomic mass is 32.2. The molecule has 1 aromatic carbocycles. The number of nitrogens with zero attached hydrogens (tertiary/aromatic N) is 5. The smallest absolute Gasteiger partial charge is 0.187 e. The molecule has 5 rings (SSSR count). The van der Waals surface area contributed by atoms with Crippen LogP contribution in [-0.4, -0.2) is 43.8 Å². The highest BCUT2D eigenvalue weighted by Gasteiger charge is 2.30. The molecule has 2 aromatic heterocycles. The number of hydrogen-bond donors (Lipinski definition) is 0. The van der Waals surface area contributed by atoms with E-state index in [0.717, 1.165) is 47.3 Å². The molecule has 3 aromatic rings. The van der Waals surface area contributed by atoms with E-state index in [1.165, 1.54) is 10.4 Å². The van der Waals surface area contributed by atoms with Gasteiger partial charge in [-0.15, -0.1) is 11.3 Å². The maximum absolute atomic E-state index is 6.11. The minimum atomic E-state index is 0.246. The maximum atomic E-state index is 6.11. The van der Waals surface area contributed by atoms with Crippen LogP contribution >= 0.6 is 23.3 Å². The van der Waals surface area contributed by atoms with Crippen molar-refractivity contribution < 1.29 is 4.74 Å². The largest absolute Gasteiger partial charge is 0.492 e. The Morgan fingerprint density at radius 1 is 1.34 bits per heavy atom. The lowest BCUT2D eigenvalue weighted by Crippen LogP contribution is -2.39. The second-order valence-electron chi connectivity index (χ2n) is 7.58. The Hall–Kier alpha value is -2.16. The molecule has 4 heterocycles. The second kappa shape index (κ2) is 7.59. The van der Waals surface area contributed by atoms with E-state index in [0.29, 0.717) is 12.5 Å². The molecule has 2 aliphatic rings. The van der Waals surface area contributed by atoms with Crippen LogP contribution in [0.5, 0.6) is 5.75 Å². The van der Waals surface area contributed by atoms with Crippen LogP contribution in [0.3, 0.4) is 0 Å². The lowest BCUT2D eigenvalue weighted by Gasteiger charge is -2.37. The molecule has 1 fully saturated rings. The zero-order valence-electron chi connectivity index (χ0n) is 16.5. The zero-order chi connectivity index (χ0) is 20.0. The SMILES string of the molecule is C=CSN1CC(c2ccc3c(c2)OCCc2sc(-c4ncnn4C(C)C)nc2-3)C1. The third-order valence-corrected chi connectivity index (χ3v) is 7.20. The topological polar surface area (TPSA) is 56.1 Å². The van der Waals surface area contributed by atoms with Crippen LogP contribution in [0.15, 0.2) is 36.5 Å². The van der Waals surface area contributed by atoms with Gasteiger partial charge in [0.05, 0.1) is 12.3 Å². The third kappa shape index (κ3) is 3.39. The highest BCUT2D eigenvalue weighted by Crippen LogP contribution is 2.42. The van der Waals surface area contributed by atoms with E-state index in [4.69, 9.17) is 9.72 Å². The average Bonchev–Trinajstić information content (AvgIpc) is 3.28. The molecule has 0 saturated carbocycles. The lowest BCUT2D eigenvalue weighted by atomic mass is 9.92. The van der Waals surface area contributed by atoms with Crippen molar-refractivity contribution in [2.45, 2.75) is 32.2 Å². The molecule has 0 bridgehead atoms. The first-order valence-corrected chi connectivity index (χ1v) is 11.5. The zero-order valence-corrected chi connectivity index (χ0v) is 18.2. The summed E-state index contributed by atoms with van der Waals surface area (Å²) in [5, 5.41) is 7.17. The van der Waals surface area contributed by atoms with E-state index >= 15 is 0 Å². The van der Waals surface area contributed by atoms with Crippen molar-refractivity contribution >= 4 is 23.3 Å². The second-order valence-corrected chi connectivity index (χ2v) is 9.73. The van der Waals surface area contributed by atoms with Crippen LogP contribution in [0.4, 0.5) is 0 Å². The fourth-order valence-corrected chi connectivity index (χ4v) is 5.60. The maximum Gasteiger partial charge on any atom is 0.187 e. The summed E-state index contributed by atoms with van der Waals surface area (Å²) in [4.78, 5) is 10.7. The standard InChI is InChI=1S/C21H23N5OS2/c1-4-28-25-10-15(11-25)14-5-6-16-17(9-14)27-8-7-18-19(16)24-21(29-18)20-22-12-23-26(20)13(2)3/h4-6,9,12-13,15H,1,7-8,10-11H2,2-3H3. The number of hydrogen-bond acceptors (Lipinski definition) is 7. The van der Waals surface area contributed by atoms with Gasteiger partial charge in [0.25, 0.3) is 0 Å². The number of rotatable bonds is 5. The van der Waals surface area contributed by atoms with Crippen molar-refractivity contribution in [3.05, 3.63) is 47.0 Å². The van der Waals surface area contributed by atoms with Gasteiger partial charge < -0.3 is 4.74 Å². The van der Waals surface area contributed by atoms with E-state index < -0.39 is 0 Å². The Morgan fingerprint density at radius 3 is 3.00 bits per heavy atom. The van der Waals surface area contributed by atoms with Gasteiger partial charge in [0.1, 0.15) is 12.1 Å². The molecule has 0 radical (unpaired) electrons. The number of fused-ring (bicyclic) bond motifs is 3. The Balaban J connectivity index is 1.47. The summed E-state index contributed by atoms with van der Waals surface area (Å²) in [5.41, 5.74) is 3.44. The highest BCUT2D eigenvalue weighted by molar-refractivity contribution is 7.99. The fraction of sp³-hybridized carbons (Fsp3) is 0.381. The van der Waals surface area contributed by atoms with Crippen molar-refractivity contribution in [2.24, 2.45) is 0 Å². The van der Waals surface area contributed by atoms with Crippen molar-refractivity contribution in [3.63, 3.8) is 0 Å². The van der Waals surface area contributed by atoms with E-state index in [-0.39, 0.29) is 6.04 Å². The summed E-state index contributed by atoms with van der Waals surface area (Å²) in [5.74, 6) is 2.33. The van der Waals surface area contributed by atoms with Gasteiger partial charge in [0, 0.05) is 41.9 Å². The van der Waals surface area contributed by atoms with Gasteiger partial charge in [0.2, 0.25) is 0 Å². The molecule has 0 aliphatic carbocycles. The van der Waals surface area contributed by atoms with Gasteiger partial charge in [-0.3, -0.25) is 0 Å². The van der Waals surface area contributed by atoms with E-state index in [1.54, 1.807) is 29.6 Å². The first kappa shape index (κ1) is 18.8. The van der Waals surface area contributed by atoms with Crippen molar-refractivity contribution in [1.29, 1.82) is 0 Å². The van der Waals surface area contributed by atoms with Gasteiger partial charge in [-0.25, -0.2) is 19.0 Å². The molecule has 0 amide bonds. The molecule has 2 aliphatic heterocycles.